The molecule has 2 saturated heterocycles. The van der Waals surface area contributed by atoms with Crippen molar-refractivity contribution in [1.82, 2.24) is 14.5 Å². The van der Waals surface area contributed by atoms with Crippen molar-refractivity contribution in [2.45, 2.75) is 77.4 Å². The number of aromatic nitrogens is 2. The first-order chi connectivity index (χ1) is 20.7. The molecule has 3 aliphatic heterocycles. The van der Waals surface area contributed by atoms with Crippen molar-refractivity contribution in [3.8, 4) is 11.5 Å². The Bertz CT molecular complexity index is 1470. The summed E-state index contributed by atoms with van der Waals surface area (Å²) in [5.74, 6) is 0.457. The van der Waals surface area contributed by atoms with E-state index in [9.17, 15) is 9.18 Å². The molecule has 3 aromatic rings. The van der Waals surface area contributed by atoms with Crippen molar-refractivity contribution in [2.24, 2.45) is 5.92 Å². The Morgan fingerprint density at radius 2 is 2.00 bits per heavy atom. The van der Waals surface area contributed by atoms with Gasteiger partial charge in [0.25, 0.3) is 5.79 Å². The zero-order valence-electron chi connectivity index (χ0n) is 25.0. The second kappa shape index (κ2) is 12.5. The normalized spacial score (nSPS) is 22.8. The first-order valence-electron chi connectivity index (χ1n) is 15.2. The molecule has 1 unspecified atom stereocenters. The average molecular weight is 612 g/mol. The van der Waals surface area contributed by atoms with Crippen LogP contribution < -0.4 is 9.47 Å². The number of hydrogen-bond donors (Lipinski definition) is 0. The highest BCUT2D eigenvalue weighted by Gasteiger charge is 2.43. The van der Waals surface area contributed by atoms with E-state index < -0.39 is 11.6 Å². The number of imidazole rings is 1. The number of para-hydroxylation sites is 1. The lowest BCUT2D eigenvalue weighted by Gasteiger charge is -2.33. The number of halogens is 2. The Morgan fingerprint density at radius 1 is 1.21 bits per heavy atom. The molecule has 230 valence electrons. The van der Waals surface area contributed by atoms with E-state index in [1.807, 2.05) is 32.2 Å². The maximum Gasteiger partial charge on any atom is 0.309 e. The molecule has 6 rings (SSSR count). The summed E-state index contributed by atoms with van der Waals surface area (Å²) in [7, 11) is 0. The summed E-state index contributed by atoms with van der Waals surface area (Å²) in [6.07, 6.45) is 5.61. The molecule has 3 atom stereocenters. The molecule has 0 N–H and O–H groups in total. The van der Waals surface area contributed by atoms with Gasteiger partial charge in [-0.2, -0.15) is 0 Å². The number of likely N-dealkylation sites (tertiary alicyclic amines) is 1. The van der Waals surface area contributed by atoms with Crippen LogP contribution in [0.4, 0.5) is 4.39 Å². The second-order valence-electron chi connectivity index (χ2n) is 11.9. The summed E-state index contributed by atoms with van der Waals surface area (Å²) < 4.78 is 40.6. The minimum absolute atomic E-state index is 0.181. The van der Waals surface area contributed by atoms with E-state index in [1.165, 1.54) is 6.07 Å². The van der Waals surface area contributed by atoms with Crippen LogP contribution in [0.3, 0.4) is 0 Å². The molecule has 3 aliphatic rings. The summed E-state index contributed by atoms with van der Waals surface area (Å²) in [5, 5.41) is 0.328. The maximum absolute atomic E-state index is 14.8. The summed E-state index contributed by atoms with van der Waals surface area (Å²) in [6.45, 7) is 9.93. The first-order valence-corrected chi connectivity index (χ1v) is 15.6. The molecule has 0 bridgehead atoms. The molecular formula is C33H39ClFN3O5. The molecule has 4 heterocycles. The number of carbonyl (C=O) groups is 1. The van der Waals surface area contributed by atoms with E-state index in [-0.39, 0.29) is 23.9 Å². The van der Waals surface area contributed by atoms with Crippen LogP contribution in [0.5, 0.6) is 11.5 Å². The predicted molar refractivity (Wildman–Crippen MR) is 160 cm³/mol. The zero-order valence-corrected chi connectivity index (χ0v) is 25.7. The van der Waals surface area contributed by atoms with Gasteiger partial charge in [0, 0.05) is 42.4 Å². The third-order valence-electron chi connectivity index (χ3n) is 8.83. The lowest BCUT2D eigenvalue weighted by atomic mass is 9.88. The first kappa shape index (κ1) is 29.9. The van der Waals surface area contributed by atoms with E-state index in [1.54, 1.807) is 19.1 Å². The van der Waals surface area contributed by atoms with Crippen molar-refractivity contribution >= 4 is 17.6 Å². The van der Waals surface area contributed by atoms with Gasteiger partial charge in [0.2, 0.25) is 0 Å². The number of piperidine rings is 1. The van der Waals surface area contributed by atoms with E-state index in [4.69, 9.17) is 35.5 Å². The lowest BCUT2D eigenvalue weighted by molar-refractivity contribution is -0.147. The van der Waals surface area contributed by atoms with Gasteiger partial charge in [-0.15, -0.1) is 0 Å². The van der Waals surface area contributed by atoms with Crippen LogP contribution in [0.25, 0.3) is 0 Å². The van der Waals surface area contributed by atoms with Crippen molar-refractivity contribution in [2.75, 3.05) is 26.3 Å². The number of benzene rings is 2. The van der Waals surface area contributed by atoms with Crippen molar-refractivity contribution < 1.29 is 28.1 Å². The van der Waals surface area contributed by atoms with E-state index >= 15 is 0 Å². The van der Waals surface area contributed by atoms with Gasteiger partial charge in [-0.25, -0.2) is 9.37 Å². The fourth-order valence-electron chi connectivity index (χ4n) is 6.32. The van der Waals surface area contributed by atoms with Crippen LogP contribution in [0, 0.1) is 11.7 Å². The molecule has 0 amide bonds. The number of rotatable bonds is 10. The molecule has 2 fully saturated rings. The predicted octanol–water partition coefficient (Wildman–Crippen LogP) is 6.23. The number of carbonyl (C=O) groups excluding carboxylic acids is 1. The van der Waals surface area contributed by atoms with E-state index in [0.29, 0.717) is 35.1 Å². The van der Waals surface area contributed by atoms with Gasteiger partial charge in [0.15, 0.2) is 11.5 Å². The third-order valence-corrected chi connectivity index (χ3v) is 9.06. The molecule has 0 saturated carbocycles. The zero-order chi connectivity index (χ0) is 30.1. The van der Waals surface area contributed by atoms with Crippen LogP contribution >= 0.6 is 11.6 Å². The molecule has 1 aromatic heterocycles. The Balaban J connectivity index is 1.12. The quantitative estimate of drug-likeness (QED) is 0.252. The highest BCUT2D eigenvalue weighted by Crippen LogP contribution is 2.49. The molecule has 0 radical (unpaired) electrons. The van der Waals surface area contributed by atoms with Gasteiger partial charge in [-0.05, 0) is 69.5 Å². The van der Waals surface area contributed by atoms with Crippen LogP contribution in [0.15, 0.2) is 42.6 Å². The Kier molecular flexibility index (Phi) is 8.67. The molecule has 8 nitrogen and oxygen atoms in total. The third kappa shape index (κ3) is 6.26. The van der Waals surface area contributed by atoms with Gasteiger partial charge in [0.1, 0.15) is 11.6 Å². The van der Waals surface area contributed by atoms with Gasteiger partial charge in [-0.1, -0.05) is 30.7 Å². The monoisotopic (exact) mass is 611 g/mol. The highest BCUT2D eigenvalue weighted by molar-refractivity contribution is 6.30. The Labute approximate surface area is 257 Å². The van der Waals surface area contributed by atoms with E-state index in [0.717, 1.165) is 69.1 Å². The van der Waals surface area contributed by atoms with Crippen LogP contribution in [0.2, 0.25) is 5.02 Å². The van der Waals surface area contributed by atoms with E-state index in [2.05, 4.69) is 15.5 Å². The minimum atomic E-state index is -1.27. The number of esters is 1. The largest absolute Gasteiger partial charge is 0.466 e. The summed E-state index contributed by atoms with van der Waals surface area (Å²) >= 11 is 5.98. The summed E-state index contributed by atoms with van der Waals surface area (Å²) in [6, 6.07) is 10.5. The SMILES string of the molecule is CCOC(=O)C(C)Cc1cnc(CN2CCC(c3cccc4c3O[C@@](C)(c3ccc(Cl)cc3F)O4)CC2)n1C[C@@H]1CCO1. The fourth-order valence-corrected chi connectivity index (χ4v) is 6.48. The summed E-state index contributed by atoms with van der Waals surface area (Å²) in [4.78, 5) is 19.5. The van der Waals surface area contributed by atoms with Gasteiger partial charge < -0.3 is 23.5 Å². The number of ether oxygens (including phenoxy) is 4. The fraction of sp³-hybridized carbons (Fsp3) is 0.515. The molecule has 43 heavy (non-hydrogen) atoms. The number of nitrogens with zero attached hydrogens (tertiary/aromatic N) is 3. The van der Waals surface area contributed by atoms with Crippen molar-refractivity contribution in [3.05, 3.63) is 76.1 Å². The average Bonchev–Trinajstić information content (AvgIpc) is 3.50. The topological polar surface area (TPSA) is 75.0 Å². The standard InChI is InChI=1S/C33H39ClFN3O5/c1-4-40-32(39)21(2)16-24-18-36-30(38(24)19-25-12-15-41-25)20-37-13-10-22(11-14-37)26-6-5-7-29-31(26)43-33(3,42-29)27-9-8-23(34)17-28(27)35/h5-9,17-18,21-22,25H,4,10-16,19-20H2,1-3H3/t21?,25-,33-/m0/s1. The molecule has 10 heteroatoms. The number of fused-ring (bicyclic) bond motifs is 1. The maximum atomic E-state index is 14.8. The van der Waals surface area contributed by atoms with Gasteiger partial charge in [-0.3, -0.25) is 9.69 Å². The van der Waals surface area contributed by atoms with Crippen molar-refractivity contribution in [1.29, 1.82) is 0 Å². The lowest BCUT2D eigenvalue weighted by Crippen LogP contribution is -2.36. The molecular weight excluding hydrogens is 573 g/mol. The molecule has 0 spiro atoms. The van der Waals surface area contributed by atoms with Gasteiger partial charge >= 0.3 is 5.97 Å². The summed E-state index contributed by atoms with van der Waals surface area (Å²) in [5.41, 5.74) is 2.44. The second-order valence-corrected chi connectivity index (χ2v) is 12.4. The highest BCUT2D eigenvalue weighted by atomic mass is 35.5. The van der Waals surface area contributed by atoms with Crippen LogP contribution in [0.1, 0.15) is 68.6 Å². The Hall–Kier alpha value is -3.14. The van der Waals surface area contributed by atoms with Crippen LogP contribution in [-0.4, -0.2) is 52.8 Å². The van der Waals surface area contributed by atoms with Gasteiger partial charge in [0.05, 0.1) is 37.3 Å². The van der Waals surface area contributed by atoms with Crippen molar-refractivity contribution in [3.63, 3.8) is 0 Å². The minimum Gasteiger partial charge on any atom is -0.466 e. The number of hydrogen-bond acceptors (Lipinski definition) is 7. The Morgan fingerprint density at radius 3 is 2.70 bits per heavy atom. The smallest absolute Gasteiger partial charge is 0.309 e. The van der Waals surface area contributed by atoms with Crippen LogP contribution in [-0.2, 0) is 39.6 Å². The molecule has 2 aromatic carbocycles. The molecule has 0 aliphatic carbocycles.